The summed E-state index contributed by atoms with van der Waals surface area (Å²) in [5.74, 6) is 0.114. The fraction of sp³-hybridized carbons (Fsp3) is 0.438. The van der Waals surface area contributed by atoms with E-state index in [0.717, 1.165) is 35.9 Å². The van der Waals surface area contributed by atoms with Crippen molar-refractivity contribution < 1.29 is 9.90 Å². The summed E-state index contributed by atoms with van der Waals surface area (Å²) >= 11 is 0. The van der Waals surface area contributed by atoms with Crippen LogP contribution in [-0.2, 0) is 11.2 Å². The van der Waals surface area contributed by atoms with Gasteiger partial charge in [0.1, 0.15) is 0 Å². The van der Waals surface area contributed by atoms with E-state index in [-0.39, 0.29) is 18.6 Å². The number of aromatic amines is 1. The van der Waals surface area contributed by atoms with Gasteiger partial charge in [-0.15, -0.1) is 0 Å². The van der Waals surface area contributed by atoms with Crippen molar-refractivity contribution in [3.05, 3.63) is 35.5 Å². The lowest BCUT2D eigenvalue weighted by Crippen LogP contribution is -2.38. The Morgan fingerprint density at radius 1 is 1.50 bits per heavy atom. The highest BCUT2D eigenvalue weighted by Crippen LogP contribution is 2.23. The van der Waals surface area contributed by atoms with Crippen LogP contribution in [0.2, 0.25) is 0 Å². The number of carbonyl (C=O) groups is 1. The zero-order valence-corrected chi connectivity index (χ0v) is 11.7. The van der Waals surface area contributed by atoms with Gasteiger partial charge in [-0.25, -0.2) is 0 Å². The van der Waals surface area contributed by atoms with E-state index < -0.39 is 0 Å². The van der Waals surface area contributed by atoms with E-state index in [2.05, 4.69) is 30.1 Å². The Morgan fingerprint density at radius 3 is 3.15 bits per heavy atom. The Labute approximate surface area is 118 Å². The van der Waals surface area contributed by atoms with E-state index in [4.69, 9.17) is 0 Å². The number of H-pyrrole nitrogens is 1. The number of rotatable bonds is 3. The van der Waals surface area contributed by atoms with E-state index in [0.29, 0.717) is 6.42 Å². The average Bonchev–Trinajstić information content (AvgIpc) is 3.05. The van der Waals surface area contributed by atoms with Crippen LogP contribution >= 0.6 is 0 Å². The van der Waals surface area contributed by atoms with Gasteiger partial charge >= 0.3 is 0 Å². The van der Waals surface area contributed by atoms with Gasteiger partial charge in [0.05, 0.1) is 19.1 Å². The minimum absolute atomic E-state index is 0.00921. The van der Waals surface area contributed by atoms with Gasteiger partial charge in [0.15, 0.2) is 0 Å². The molecule has 0 aliphatic carbocycles. The maximum Gasteiger partial charge on any atom is 0.227 e. The third-order valence-corrected chi connectivity index (χ3v) is 4.17. The largest absolute Gasteiger partial charge is 0.394 e. The highest BCUT2D eigenvalue weighted by atomic mass is 16.3. The summed E-state index contributed by atoms with van der Waals surface area (Å²) in [7, 11) is 0. The normalized spacial score (nSPS) is 18.9. The molecule has 1 aromatic heterocycles. The van der Waals surface area contributed by atoms with Gasteiger partial charge < -0.3 is 15.0 Å². The molecule has 4 heteroatoms. The third-order valence-electron chi connectivity index (χ3n) is 4.17. The molecule has 1 saturated heterocycles. The highest BCUT2D eigenvalue weighted by Gasteiger charge is 2.28. The summed E-state index contributed by atoms with van der Waals surface area (Å²) in [5.41, 5.74) is 3.32. The first-order valence-electron chi connectivity index (χ1n) is 7.16. The molecule has 2 aromatic rings. The number of hydrogen-bond acceptors (Lipinski definition) is 2. The van der Waals surface area contributed by atoms with Crippen molar-refractivity contribution in [3.8, 4) is 0 Å². The lowest BCUT2D eigenvalue weighted by Gasteiger charge is -2.22. The first-order valence-corrected chi connectivity index (χ1v) is 7.16. The molecule has 0 spiro atoms. The number of benzene rings is 1. The first-order chi connectivity index (χ1) is 9.69. The van der Waals surface area contributed by atoms with Gasteiger partial charge in [0, 0.05) is 23.6 Å². The molecule has 4 nitrogen and oxygen atoms in total. The predicted octanol–water partition coefficient (Wildman–Crippen LogP) is 2.00. The van der Waals surface area contributed by atoms with Gasteiger partial charge in [0.2, 0.25) is 5.91 Å². The molecule has 106 valence electrons. The Balaban J connectivity index is 1.81. The SMILES string of the molecule is Cc1ccc2c(CC(=O)N3CCC[C@@H]3CO)c[nH]c2c1. The molecule has 3 rings (SSSR count). The average molecular weight is 272 g/mol. The first kappa shape index (κ1) is 13.2. The molecular weight excluding hydrogens is 252 g/mol. The monoisotopic (exact) mass is 272 g/mol. The molecule has 20 heavy (non-hydrogen) atoms. The fourth-order valence-electron chi connectivity index (χ4n) is 3.06. The van der Waals surface area contributed by atoms with Crippen LogP contribution < -0.4 is 0 Å². The second-order valence-corrected chi connectivity index (χ2v) is 5.61. The summed E-state index contributed by atoms with van der Waals surface area (Å²) in [6.07, 6.45) is 4.23. The number of amides is 1. The summed E-state index contributed by atoms with van der Waals surface area (Å²) in [4.78, 5) is 17.4. The maximum atomic E-state index is 12.4. The number of fused-ring (bicyclic) bond motifs is 1. The summed E-state index contributed by atoms with van der Waals surface area (Å²) in [6.45, 7) is 2.89. The van der Waals surface area contributed by atoms with Crippen LogP contribution in [-0.4, -0.2) is 40.1 Å². The Hall–Kier alpha value is -1.81. The van der Waals surface area contributed by atoms with Crippen LogP contribution in [0.15, 0.2) is 24.4 Å². The molecule has 1 aliphatic rings. The highest BCUT2D eigenvalue weighted by molar-refractivity contribution is 5.89. The number of nitrogens with one attached hydrogen (secondary N) is 1. The molecule has 1 aromatic carbocycles. The molecule has 2 N–H and O–H groups in total. The quantitative estimate of drug-likeness (QED) is 0.898. The van der Waals surface area contributed by atoms with Crippen LogP contribution in [0.4, 0.5) is 0 Å². The molecule has 1 aliphatic heterocycles. The number of aryl methyl sites for hydroxylation is 1. The summed E-state index contributed by atoms with van der Waals surface area (Å²) in [5, 5.41) is 10.4. The molecule has 1 amide bonds. The lowest BCUT2D eigenvalue weighted by molar-refractivity contribution is -0.131. The van der Waals surface area contributed by atoms with Crippen LogP contribution in [0.5, 0.6) is 0 Å². The van der Waals surface area contributed by atoms with Gasteiger partial charge in [-0.05, 0) is 37.0 Å². The Bertz CT molecular complexity index is 632. The van der Waals surface area contributed by atoms with Crippen molar-refractivity contribution in [2.75, 3.05) is 13.2 Å². The van der Waals surface area contributed by atoms with Crippen molar-refractivity contribution in [2.24, 2.45) is 0 Å². The Morgan fingerprint density at radius 2 is 2.35 bits per heavy atom. The number of likely N-dealkylation sites (tertiary alicyclic amines) is 1. The van der Waals surface area contributed by atoms with Crippen LogP contribution in [0, 0.1) is 6.92 Å². The zero-order valence-electron chi connectivity index (χ0n) is 11.7. The topological polar surface area (TPSA) is 56.3 Å². The van der Waals surface area contributed by atoms with Gasteiger partial charge in [-0.2, -0.15) is 0 Å². The smallest absolute Gasteiger partial charge is 0.227 e. The summed E-state index contributed by atoms with van der Waals surface area (Å²) in [6, 6.07) is 6.23. The van der Waals surface area contributed by atoms with Crippen molar-refractivity contribution in [1.29, 1.82) is 0 Å². The number of carbonyl (C=O) groups excluding carboxylic acids is 1. The van der Waals surface area contributed by atoms with E-state index >= 15 is 0 Å². The second kappa shape index (κ2) is 5.29. The molecule has 2 heterocycles. The molecule has 1 fully saturated rings. The molecule has 0 saturated carbocycles. The van der Waals surface area contributed by atoms with E-state index in [1.165, 1.54) is 5.56 Å². The number of aliphatic hydroxyl groups is 1. The molecular formula is C16H20N2O2. The van der Waals surface area contributed by atoms with Crippen LogP contribution in [0.1, 0.15) is 24.0 Å². The minimum Gasteiger partial charge on any atom is -0.394 e. The van der Waals surface area contributed by atoms with Crippen molar-refractivity contribution in [1.82, 2.24) is 9.88 Å². The van der Waals surface area contributed by atoms with Crippen LogP contribution in [0.3, 0.4) is 0 Å². The molecule has 0 bridgehead atoms. The van der Waals surface area contributed by atoms with Gasteiger partial charge in [-0.1, -0.05) is 12.1 Å². The van der Waals surface area contributed by atoms with E-state index in [1.54, 1.807) is 0 Å². The molecule has 0 unspecified atom stereocenters. The third kappa shape index (κ3) is 2.31. The predicted molar refractivity (Wildman–Crippen MR) is 78.6 cm³/mol. The second-order valence-electron chi connectivity index (χ2n) is 5.61. The standard InChI is InChI=1S/C16H20N2O2/c1-11-4-5-14-12(9-17-15(14)7-11)8-16(20)18-6-2-3-13(18)10-19/h4-5,7,9,13,17,19H,2-3,6,8,10H2,1H3/t13-/m1/s1. The van der Waals surface area contributed by atoms with Gasteiger partial charge in [-0.3, -0.25) is 4.79 Å². The summed E-state index contributed by atoms with van der Waals surface area (Å²) < 4.78 is 0. The van der Waals surface area contributed by atoms with E-state index in [1.807, 2.05) is 11.1 Å². The van der Waals surface area contributed by atoms with Crippen molar-refractivity contribution in [2.45, 2.75) is 32.2 Å². The van der Waals surface area contributed by atoms with Crippen LogP contribution in [0.25, 0.3) is 10.9 Å². The lowest BCUT2D eigenvalue weighted by atomic mass is 10.1. The van der Waals surface area contributed by atoms with Gasteiger partial charge in [0.25, 0.3) is 0 Å². The number of aromatic nitrogens is 1. The maximum absolute atomic E-state index is 12.4. The van der Waals surface area contributed by atoms with Crippen molar-refractivity contribution in [3.63, 3.8) is 0 Å². The Kier molecular flexibility index (Phi) is 3.49. The zero-order chi connectivity index (χ0) is 14.1. The molecule has 1 atom stereocenters. The minimum atomic E-state index is 0.00921. The number of hydrogen-bond donors (Lipinski definition) is 2. The fourth-order valence-corrected chi connectivity index (χ4v) is 3.06. The molecule has 0 radical (unpaired) electrons. The number of aliphatic hydroxyl groups excluding tert-OH is 1. The van der Waals surface area contributed by atoms with Crippen molar-refractivity contribution >= 4 is 16.8 Å². The number of nitrogens with zero attached hydrogens (tertiary/aromatic N) is 1. The van der Waals surface area contributed by atoms with E-state index in [9.17, 15) is 9.90 Å².